The van der Waals surface area contributed by atoms with Crippen LogP contribution in [-0.2, 0) is 6.54 Å². The number of rotatable bonds is 7. The van der Waals surface area contributed by atoms with Crippen LogP contribution in [0.3, 0.4) is 0 Å². The minimum absolute atomic E-state index is 0.0917. The van der Waals surface area contributed by atoms with E-state index in [-0.39, 0.29) is 6.03 Å². The second-order valence-corrected chi connectivity index (χ2v) is 4.93. The lowest BCUT2D eigenvalue weighted by atomic mass is 10.2. The Kier molecular flexibility index (Phi) is 7.30. The number of hydrogen-bond donors (Lipinski definition) is 2. The van der Waals surface area contributed by atoms with Crippen molar-refractivity contribution in [1.29, 1.82) is 0 Å². The van der Waals surface area contributed by atoms with Gasteiger partial charge >= 0.3 is 6.03 Å². The van der Waals surface area contributed by atoms with E-state index in [4.69, 9.17) is 0 Å². The van der Waals surface area contributed by atoms with Crippen molar-refractivity contribution in [3.8, 4) is 0 Å². The smallest absolute Gasteiger partial charge is 0.315 e. The summed E-state index contributed by atoms with van der Waals surface area (Å²) in [5, 5.41) is 5.67. The Morgan fingerprint density at radius 3 is 2.65 bits per heavy atom. The monoisotopic (exact) mass is 252 g/mol. The molecule has 0 heterocycles. The van der Waals surface area contributed by atoms with Gasteiger partial charge in [0, 0.05) is 18.8 Å². The summed E-state index contributed by atoms with van der Waals surface area (Å²) >= 11 is 1.87. The van der Waals surface area contributed by atoms with Crippen molar-refractivity contribution in [3.05, 3.63) is 35.9 Å². The van der Waals surface area contributed by atoms with Crippen LogP contribution in [0, 0.1) is 0 Å². The van der Waals surface area contributed by atoms with Gasteiger partial charge in [-0.15, -0.1) is 0 Å². The molecule has 1 aromatic carbocycles. The first kappa shape index (κ1) is 13.9. The first-order valence-corrected chi connectivity index (χ1v) is 7.11. The molecule has 0 saturated heterocycles. The Morgan fingerprint density at radius 1 is 1.18 bits per heavy atom. The minimum atomic E-state index is -0.0917. The second-order valence-electron chi connectivity index (χ2n) is 3.71. The molecule has 0 aliphatic carbocycles. The van der Waals surface area contributed by atoms with Crippen LogP contribution in [0.1, 0.15) is 18.9 Å². The quantitative estimate of drug-likeness (QED) is 0.732. The second kappa shape index (κ2) is 8.93. The number of carbonyl (C=O) groups excluding carboxylic acids is 1. The Bertz CT molecular complexity index is 316. The number of urea groups is 1. The van der Waals surface area contributed by atoms with Crippen LogP contribution in [0.4, 0.5) is 4.79 Å². The van der Waals surface area contributed by atoms with Crippen molar-refractivity contribution in [1.82, 2.24) is 10.6 Å². The summed E-state index contributed by atoms with van der Waals surface area (Å²) in [6.07, 6.45) is 1.19. The fraction of sp³-hybridized carbons (Fsp3) is 0.462. The molecule has 0 radical (unpaired) electrons. The van der Waals surface area contributed by atoms with Gasteiger partial charge in [-0.25, -0.2) is 4.79 Å². The van der Waals surface area contributed by atoms with Gasteiger partial charge in [-0.3, -0.25) is 0 Å². The van der Waals surface area contributed by atoms with E-state index in [1.54, 1.807) is 0 Å². The van der Waals surface area contributed by atoms with E-state index >= 15 is 0 Å². The van der Waals surface area contributed by atoms with Crippen LogP contribution in [0.25, 0.3) is 0 Å². The van der Waals surface area contributed by atoms with E-state index in [0.717, 1.165) is 23.6 Å². The molecule has 3 nitrogen and oxygen atoms in total. The lowest BCUT2D eigenvalue weighted by molar-refractivity contribution is 0.241. The van der Waals surface area contributed by atoms with Crippen LogP contribution in [0.2, 0.25) is 0 Å². The number of carbonyl (C=O) groups is 1. The largest absolute Gasteiger partial charge is 0.337 e. The SMILES string of the molecule is CCCSCCNC(=O)NCc1ccccc1. The highest BCUT2D eigenvalue weighted by Crippen LogP contribution is 1.99. The van der Waals surface area contributed by atoms with Gasteiger partial charge in [0.1, 0.15) is 0 Å². The highest BCUT2D eigenvalue weighted by atomic mass is 32.2. The fourth-order valence-electron chi connectivity index (χ4n) is 1.32. The lowest BCUT2D eigenvalue weighted by Crippen LogP contribution is -2.36. The van der Waals surface area contributed by atoms with Crippen LogP contribution >= 0.6 is 11.8 Å². The summed E-state index contributed by atoms with van der Waals surface area (Å²) in [6.45, 7) is 3.47. The summed E-state index contributed by atoms with van der Waals surface area (Å²) in [7, 11) is 0. The van der Waals surface area contributed by atoms with Crippen molar-refractivity contribution in [2.24, 2.45) is 0 Å². The summed E-state index contributed by atoms with van der Waals surface area (Å²) < 4.78 is 0. The first-order valence-electron chi connectivity index (χ1n) is 5.96. The maximum atomic E-state index is 11.4. The molecule has 1 aromatic rings. The molecule has 0 aliphatic rings. The maximum Gasteiger partial charge on any atom is 0.315 e. The highest BCUT2D eigenvalue weighted by molar-refractivity contribution is 7.99. The Balaban J connectivity index is 2.05. The average molecular weight is 252 g/mol. The molecule has 4 heteroatoms. The summed E-state index contributed by atoms with van der Waals surface area (Å²) in [6, 6.07) is 9.81. The van der Waals surface area contributed by atoms with Gasteiger partial charge in [0.25, 0.3) is 0 Å². The molecular formula is C13H20N2OS. The zero-order valence-corrected chi connectivity index (χ0v) is 11.1. The molecule has 0 unspecified atom stereocenters. The molecule has 94 valence electrons. The van der Waals surface area contributed by atoms with Gasteiger partial charge in [-0.1, -0.05) is 37.3 Å². The molecule has 0 atom stereocenters. The van der Waals surface area contributed by atoms with Crippen molar-refractivity contribution in [2.75, 3.05) is 18.1 Å². The third kappa shape index (κ3) is 6.89. The zero-order chi connectivity index (χ0) is 12.3. The number of amides is 2. The topological polar surface area (TPSA) is 41.1 Å². The molecule has 1 rings (SSSR count). The number of nitrogens with one attached hydrogen (secondary N) is 2. The third-order valence-electron chi connectivity index (χ3n) is 2.18. The lowest BCUT2D eigenvalue weighted by Gasteiger charge is -2.07. The summed E-state index contributed by atoms with van der Waals surface area (Å²) in [5.74, 6) is 2.14. The van der Waals surface area contributed by atoms with E-state index in [1.165, 1.54) is 6.42 Å². The van der Waals surface area contributed by atoms with Gasteiger partial charge in [0.05, 0.1) is 0 Å². The highest BCUT2D eigenvalue weighted by Gasteiger charge is 1.98. The van der Waals surface area contributed by atoms with Gasteiger partial charge in [0.2, 0.25) is 0 Å². The molecular weight excluding hydrogens is 232 g/mol. The Morgan fingerprint density at radius 2 is 1.94 bits per heavy atom. The number of hydrogen-bond acceptors (Lipinski definition) is 2. The first-order chi connectivity index (χ1) is 8.33. The molecule has 0 bridgehead atoms. The summed E-state index contributed by atoms with van der Waals surface area (Å²) in [4.78, 5) is 11.4. The van der Waals surface area contributed by atoms with Gasteiger partial charge in [-0.05, 0) is 17.7 Å². The molecule has 0 saturated carbocycles. The summed E-state index contributed by atoms with van der Waals surface area (Å²) in [5.41, 5.74) is 1.11. The molecule has 0 aliphatic heterocycles. The molecule has 2 N–H and O–H groups in total. The molecule has 17 heavy (non-hydrogen) atoms. The zero-order valence-electron chi connectivity index (χ0n) is 10.2. The number of thioether (sulfide) groups is 1. The van der Waals surface area contributed by atoms with Crippen molar-refractivity contribution >= 4 is 17.8 Å². The van der Waals surface area contributed by atoms with Crippen LogP contribution in [-0.4, -0.2) is 24.1 Å². The van der Waals surface area contributed by atoms with E-state index in [2.05, 4.69) is 17.6 Å². The van der Waals surface area contributed by atoms with Gasteiger partial charge in [0.15, 0.2) is 0 Å². The predicted molar refractivity (Wildman–Crippen MR) is 74.3 cm³/mol. The third-order valence-corrected chi connectivity index (χ3v) is 3.37. The maximum absolute atomic E-state index is 11.4. The normalized spacial score (nSPS) is 9.94. The van der Waals surface area contributed by atoms with Crippen LogP contribution in [0.5, 0.6) is 0 Å². The van der Waals surface area contributed by atoms with E-state index in [1.807, 2.05) is 42.1 Å². The molecule has 0 spiro atoms. The van der Waals surface area contributed by atoms with Crippen molar-refractivity contribution in [3.63, 3.8) is 0 Å². The van der Waals surface area contributed by atoms with Gasteiger partial charge < -0.3 is 10.6 Å². The fourth-order valence-corrected chi connectivity index (χ4v) is 2.06. The van der Waals surface area contributed by atoms with E-state index in [9.17, 15) is 4.79 Å². The average Bonchev–Trinajstić information content (AvgIpc) is 2.37. The van der Waals surface area contributed by atoms with E-state index in [0.29, 0.717) is 6.54 Å². The minimum Gasteiger partial charge on any atom is -0.337 e. The molecule has 2 amide bonds. The Labute approximate surface area is 107 Å². The molecule has 0 aromatic heterocycles. The standard InChI is InChI=1S/C13H20N2OS/c1-2-9-17-10-8-14-13(16)15-11-12-6-4-3-5-7-12/h3-7H,2,8-11H2,1H3,(H2,14,15,16). The van der Waals surface area contributed by atoms with Crippen LogP contribution in [0.15, 0.2) is 30.3 Å². The van der Waals surface area contributed by atoms with Gasteiger partial charge in [-0.2, -0.15) is 11.8 Å². The predicted octanol–water partition coefficient (Wildman–Crippen LogP) is 2.63. The molecule has 0 fully saturated rings. The van der Waals surface area contributed by atoms with Crippen molar-refractivity contribution < 1.29 is 4.79 Å². The van der Waals surface area contributed by atoms with Crippen molar-refractivity contribution in [2.45, 2.75) is 19.9 Å². The Hall–Kier alpha value is -1.16. The number of benzene rings is 1. The van der Waals surface area contributed by atoms with Crippen LogP contribution < -0.4 is 10.6 Å². The van der Waals surface area contributed by atoms with E-state index < -0.39 is 0 Å².